The second kappa shape index (κ2) is 7.82. The smallest absolute Gasteiger partial charge is 0.306 e. The molecule has 120 valence electrons. The van der Waals surface area contributed by atoms with E-state index in [-0.39, 0.29) is 24.3 Å². The van der Waals surface area contributed by atoms with Crippen molar-refractivity contribution in [3.8, 4) is 5.75 Å². The Bertz CT molecular complexity index is 525. The Hall–Kier alpha value is -2.04. The van der Waals surface area contributed by atoms with E-state index in [1.807, 2.05) is 31.2 Å². The third-order valence-corrected chi connectivity index (χ3v) is 3.47. The molecule has 5 nitrogen and oxygen atoms in total. The van der Waals surface area contributed by atoms with Crippen molar-refractivity contribution in [2.75, 3.05) is 6.61 Å². The van der Waals surface area contributed by atoms with Gasteiger partial charge in [0.2, 0.25) is 0 Å². The lowest BCUT2D eigenvalue weighted by Gasteiger charge is -2.14. The number of amides is 1. The van der Waals surface area contributed by atoms with Gasteiger partial charge in [0.1, 0.15) is 5.75 Å². The van der Waals surface area contributed by atoms with E-state index in [0.29, 0.717) is 13.0 Å². The quantitative estimate of drug-likeness (QED) is 0.748. The molecule has 0 radical (unpaired) electrons. The van der Waals surface area contributed by atoms with E-state index >= 15 is 0 Å². The third-order valence-electron chi connectivity index (χ3n) is 3.47. The van der Waals surface area contributed by atoms with Crippen molar-refractivity contribution in [1.82, 2.24) is 5.32 Å². The van der Waals surface area contributed by atoms with Crippen LogP contribution >= 0.6 is 0 Å². The SMILES string of the molecule is CCOc1ccccc1CCC(=O)O[C@@H](C)C(=O)NC1CC1. The fourth-order valence-electron chi connectivity index (χ4n) is 2.10. The number of rotatable bonds is 8. The second-order valence-corrected chi connectivity index (χ2v) is 5.46. The lowest BCUT2D eigenvalue weighted by Crippen LogP contribution is -2.37. The van der Waals surface area contributed by atoms with Crippen molar-refractivity contribution >= 4 is 11.9 Å². The van der Waals surface area contributed by atoms with E-state index in [1.54, 1.807) is 6.92 Å². The van der Waals surface area contributed by atoms with Gasteiger partial charge in [-0.2, -0.15) is 0 Å². The minimum absolute atomic E-state index is 0.217. The number of ether oxygens (including phenoxy) is 2. The van der Waals surface area contributed by atoms with Gasteiger partial charge in [0.15, 0.2) is 6.10 Å². The van der Waals surface area contributed by atoms with Crippen LogP contribution in [0.2, 0.25) is 0 Å². The van der Waals surface area contributed by atoms with Gasteiger partial charge in [-0.05, 0) is 44.7 Å². The van der Waals surface area contributed by atoms with E-state index in [0.717, 1.165) is 24.2 Å². The van der Waals surface area contributed by atoms with Gasteiger partial charge in [0.25, 0.3) is 5.91 Å². The van der Waals surface area contributed by atoms with Crippen LogP contribution in [0.25, 0.3) is 0 Å². The summed E-state index contributed by atoms with van der Waals surface area (Å²) in [4.78, 5) is 23.6. The van der Waals surface area contributed by atoms with Crippen LogP contribution in [0.15, 0.2) is 24.3 Å². The molecule has 1 aromatic rings. The predicted octanol–water partition coefficient (Wildman–Crippen LogP) is 2.23. The van der Waals surface area contributed by atoms with E-state index in [2.05, 4.69) is 5.32 Å². The van der Waals surface area contributed by atoms with Crippen molar-refractivity contribution in [2.45, 2.75) is 51.7 Å². The van der Waals surface area contributed by atoms with Crippen LogP contribution in [-0.2, 0) is 20.7 Å². The monoisotopic (exact) mass is 305 g/mol. The summed E-state index contributed by atoms with van der Waals surface area (Å²) in [5.41, 5.74) is 0.969. The van der Waals surface area contributed by atoms with Crippen molar-refractivity contribution in [3.63, 3.8) is 0 Å². The number of hydrogen-bond acceptors (Lipinski definition) is 4. The number of para-hydroxylation sites is 1. The maximum absolute atomic E-state index is 11.9. The van der Waals surface area contributed by atoms with E-state index in [4.69, 9.17) is 9.47 Å². The summed E-state index contributed by atoms with van der Waals surface area (Å²) in [5, 5.41) is 2.82. The van der Waals surface area contributed by atoms with Gasteiger partial charge in [0, 0.05) is 12.5 Å². The summed E-state index contributed by atoms with van der Waals surface area (Å²) in [6, 6.07) is 7.90. The number of carbonyl (C=O) groups excluding carboxylic acids is 2. The van der Waals surface area contributed by atoms with E-state index < -0.39 is 6.10 Å². The lowest BCUT2D eigenvalue weighted by atomic mass is 10.1. The van der Waals surface area contributed by atoms with Crippen molar-refractivity contribution < 1.29 is 19.1 Å². The number of benzene rings is 1. The van der Waals surface area contributed by atoms with Gasteiger partial charge < -0.3 is 14.8 Å². The molecule has 1 aromatic carbocycles. The summed E-state index contributed by atoms with van der Waals surface area (Å²) < 4.78 is 10.7. The standard InChI is InChI=1S/C17H23NO4/c1-3-21-15-7-5-4-6-13(15)8-11-16(19)22-12(2)17(20)18-14-9-10-14/h4-7,12,14H,3,8-11H2,1-2H3,(H,18,20)/t12-/m0/s1. The average molecular weight is 305 g/mol. The molecule has 0 heterocycles. The molecule has 1 atom stereocenters. The van der Waals surface area contributed by atoms with Crippen molar-refractivity contribution in [1.29, 1.82) is 0 Å². The van der Waals surface area contributed by atoms with Crippen LogP contribution < -0.4 is 10.1 Å². The molecule has 0 aliphatic heterocycles. The first kappa shape index (κ1) is 16.3. The Kier molecular flexibility index (Phi) is 5.81. The first-order chi connectivity index (χ1) is 10.6. The molecule has 5 heteroatoms. The fourth-order valence-corrected chi connectivity index (χ4v) is 2.10. The minimum atomic E-state index is -0.741. The number of carbonyl (C=O) groups is 2. The zero-order chi connectivity index (χ0) is 15.9. The highest BCUT2D eigenvalue weighted by atomic mass is 16.5. The number of nitrogens with one attached hydrogen (secondary N) is 1. The van der Waals surface area contributed by atoms with Crippen LogP contribution in [0.5, 0.6) is 5.75 Å². The number of aryl methyl sites for hydroxylation is 1. The Morgan fingerprint density at radius 1 is 1.32 bits per heavy atom. The Morgan fingerprint density at radius 3 is 2.73 bits per heavy atom. The number of esters is 1. The zero-order valence-electron chi connectivity index (χ0n) is 13.1. The Labute approximate surface area is 131 Å². The minimum Gasteiger partial charge on any atom is -0.494 e. The molecular weight excluding hydrogens is 282 g/mol. The molecule has 22 heavy (non-hydrogen) atoms. The van der Waals surface area contributed by atoms with Crippen LogP contribution in [0.4, 0.5) is 0 Å². The molecule has 1 aliphatic carbocycles. The topological polar surface area (TPSA) is 64.6 Å². The average Bonchev–Trinajstić information content (AvgIpc) is 3.30. The highest BCUT2D eigenvalue weighted by molar-refractivity contribution is 5.83. The Morgan fingerprint density at radius 2 is 2.05 bits per heavy atom. The molecular formula is C17H23NO4. The first-order valence-corrected chi connectivity index (χ1v) is 7.80. The van der Waals surface area contributed by atoms with Crippen LogP contribution in [0, 0.1) is 0 Å². The maximum atomic E-state index is 11.9. The van der Waals surface area contributed by atoms with Gasteiger partial charge in [0.05, 0.1) is 6.61 Å². The fraction of sp³-hybridized carbons (Fsp3) is 0.529. The highest BCUT2D eigenvalue weighted by Crippen LogP contribution is 2.20. The molecule has 1 fully saturated rings. The lowest BCUT2D eigenvalue weighted by molar-refractivity contribution is -0.154. The molecule has 1 amide bonds. The van der Waals surface area contributed by atoms with Gasteiger partial charge >= 0.3 is 5.97 Å². The summed E-state index contributed by atoms with van der Waals surface area (Å²) >= 11 is 0. The molecule has 1 N–H and O–H groups in total. The summed E-state index contributed by atoms with van der Waals surface area (Å²) in [6.45, 7) is 4.11. The van der Waals surface area contributed by atoms with E-state index in [1.165, 1.54) is 0 Å². The molecule has 2 rings (SSSR count). The Balaban J connectivity index is 1.78. The normalized spacial score (nSPS) is 15.0. The van der Waals surface area contributed by atoms with Crippen LogP contribution in [0.1, 0.15) is 38.7 Å². The highest BCUT2D eigenvalue weighted by Gasteiger charge is 2.27. The molecule has 0 saturated heterocycles. The largest absolute Gasteiger partial charge is 0.494 e. The van der Waals surface area contributed by atoms with E-state index in [9.17, 15) is 9.59 Å². The van der Waals surface area contributed by atoms with Crippen LogP contribution in [0.3, 0.4) is 0 Å². The first-order valence-electron chi connectivity index (χ1n) is 7.80. The van der Waals surface area contributed by atoms with Gasteiger partial charge in [-0.25, -0.2) is 0 Å². The van der Waals surface area contributed by atoms with Gasteiger partial charge in [-0.15, -0.1) is 0 Å². The summed E-state index contributed by atoms with van der Waals surface area (Å²) in [6.07, 6.45) is 2.05. The molecule has 0 bridgehead atoms. The molecule has 1 saturated carbocycles. The zero-order valence-corrected chi connectivity index (χ0v) is 13.1. The molecule has 0 aromatic heterocycles. The molecule has 1 aliphatic rings. The third kappa shape index (κ3) is 5.06. The molecule has 0 unspecified atom stereocenters. The molecule has 0 spiro atoms. The van der Waals surface area contributed by atoms with Crippen molar-refractivity contribution in [2.24, 2.45) is 0 Å². The second-order valence-electron chi connectivity index (χ2n) is 5.46. The maximum Gasteiger partial charge on any atom is 0.306 e. The number of hydrogen-bond donors (Lipinski definition) is 1. The van der Waals surface area contributed by atoms with Crippen LogP contribution in [-0.4, -0.2) is 30.6 Å². The van der Waals surface area contributed by atoms with Crippen molar-refractivity contribution in [3.05, 3.63) is 29.8 Å². The summed E-state index contributed by atoms with van der Waals surface area (Å²) in [5.74, 6) is 0.202. The van der Waals surface area contributed by atoms with Gasteiger partial charge in [-0.3, -0.25) is 9.59 Å². The van der Waals surface area contributed by atoms with Gasteiger partial charge in [-0.1, -0.05) is 18.2 Å². The predicted molar refractivity (Wildman–Crippen MR) is 82.7 cm³/mol. The summed E-state index contributed by atoms with van der Waals surface area (Å²) in [7, 11) is 0.